The van der Waals surface area contributed by atoms with Crippen LogP contribution in [0.15, 0.2) is 48.8 Å². The second kappa shape index (κ2) is 5.26. The van der Waals surface area contributed by atoms with Crippen molar-refractivity contribution in [3.05, 3.63) is 54.4 Å². The van der Waals surface area contributed by atoms with E-state index in [2.05, 4.69) is 36.1 Å². The van der Waals surface area contributed by atoms with E-state index in [9.17, 15) is 4.79 Å². The van der Waals surface area contributed by atoms with Crippen molar-refractivity contribution in [2.45, 2.75) is 26.3 Å². The molecule has 5 nitrogen and oxygen atoms in total. The first-order chi connectivity index (χ1) is 10.5. The molecule has 1 aromatic carbocycles. The summed E-state index contributed by atoms with van der Waals surface area (Å²) in [5.41, 5.74) is 2.17. The van der Waals surface area contributed by atoms with E-state index in [0.717, 1.165) is 11.0 Å². The summed E-state index contributed by atoms with van der Waals surface area (Å²) in [6.45, 7) is 6.25. The number of nitrogens with zero attached hydrogens (tertiary/aromatic N) is 3. The van der Waals surface area contributed by atoms with Crippen LogP contribution in [0.5, 0.6) is 0 Å². The molecule has 0 fully saturated rings. The molecule has 3 aromatic rings. The van der Waals surface area contributed by atoms with E-state index in [1.165, 1.54) is 0 Å². The lowest BCUT2D eigenvalue weighted by atomic mass is 10.1. The molecule has 2 heterocycles. The molecular weight excluding hydrogens is 276 g/mol. The van der Waals surface area contributed by atoms with Crippen LogP contribution >= 0.6 is 0 Å². The van der Waals surface area contributed by atoms with Crippen molar-refractivity contribution in [3.63, 3.8) is 0 Å². The molecule has 5 heteroatoms. The van der Waals surface area contributed by atoms with Crippen molar-refractivity contribution in [1.29, 1.82) is 0 Å². The number of para-hydroxylation sites is 2. The summed E-state index contributed by atoms with van der Waals surface area (Å²) < 4.78 is 2.04. The molecule has 0 saturated carbocycles. The van der Waals surface area contributed by atoms with Gasteiger partial charge in [-0.2, -0.15) is 0 Å². The standard InChI is InChI=1S/C17H18N4O/c1-17(2,3)21-14-9-5-4-8-13(14)19-16(21)20-15(22)12-7-6-10-18-11-12/h4-11H,1-3H3,(H,19,20,22). The van der Waals surface area contributed by atoms with Gasteiger partial charge in [-0.1, -0.05) is 12.1 Å². The normalized spacial score (nSPS) is 11.6. The molecular formula is C17H18N4O. The number of hydrogen-bond donors (Lipinski definition) is 1. The molecule has 2 aromatic heterocycles. The molecule has 0 atom stereocenters. The van der Waals surface area contributed by atoms with Crippen LogP contribution in [0.25, 0.3) is 11.0 Å². The number of benzene rings is 1. The van der Waals surface area contributed by atoms with Crippen LogP contribution in [0.3, 0.4) is 0 Å². The Hall–Kier alpha value is -2.69. The number of rotatable bonds is 2. The third-order valence-corrected chi connectivity index (χ3v) is 3.38. The zero-order valence-electron chi connectivity index (χ0n) is 12.9. The van der Waals surface area contributed by atoms with Gasteiger partial charge in [-0.25, -0.2) is 4.98 Å². The minimum absolute atomic E-state index is 0.201. The van der Waals surface area contributed by atoms with Gasteiger partial charge in [0.05, 0.1) is 16.6 Å². The van der Waals surface area contributed by atoms with Gasteiger partial charge in [-0.05, 0) is 45.0 Å². The minimum Gasteiger partial charge on any atom is -0.305 e. The predicted octanol–water partition coefficient (Wildman–Crippen LogP) is 3.44. The lowest BCUT2D eigenvalue weighted by molar-refractivity contribution is 0.102. The Bertz CT molecular complexity index is 816. The molecule has 0 saturated heterocycles. The summed E-state index contributed by atoms with van der Waals surface area (Å²) in [5.74, 6) is 0.330. The number of imidazole rings is 1. The Kier molecular flexibility index (Phi) is 3.41. The smallest absolute Gasteiger partial charge is 0.259 e. The van der Waals surface area contributed by atoms with Crippen LogP contribution in [0, 0.1) is 0 Å². The molecule has 22 heavy (non-hydrogen) atoms. The van der Waals surface area contributed by atoms with E-state index < -0.39 is 0 Å². The van der Waals surface area contributed by atoms with E-state index in [0.29, 0.717) is 11.5 Å². The second-order valence-corrected chi connectivity index (χ2v) is 6.13. The zero-order valence-corrected chi connectivity index (χ0v) is 12.9. The van der Waals surface area contributed by atoms with Crippen molar-refractivity contribution >= 4 is 22.9 Å². The summed E-state index contributed by atoms with van der Waals surface area (Å²) in [7, 11) is 0. The van der Waals surface area contributed by atoms with E-state index in [1.54, 1.807) is 24.5 Å². The lowest BCUT2D eigenvalue weighted by Gasteiger charge is -2.24. The Morgan fingerprint density at radius 1 is 1.14 bits per heavy atom. The number of fused-ring (bicyclic) bond motifs is 1. The van der Waals surface area contributed by atoms with Crippen molar-refractivity contribution in [2.75, 3.05) is 5.32 Å². The quantitative estimate of drug-likeness (QED) is 0.787. The van der Waals surface area contributed by atoms with Crippen LogP contribution in [0.4, 0.5) is 5.95 Å². The highest BCUT2D eigenvalue weighted by Gasteiger charge is 2.22. The molecule has 0 bridgehead atoms. The molecule has 0 aliphatic carbocycles. The maximum Gasteiger partial charge on any atom is 0.259 e. The Labute approximate surface area is 129 Å². The van der Waals surface area contributed by atoms with Gasteiger partial charge in [0.1, 0.15) is 0 Å². The first-order valence-corrected chi connectivity index (χ1v) is 7.16. The SMILES string of the molecule is CC(C)(C)n1c(NC(=O)c2cccnc2)nc2ccccc21. The predicted molar refractivity (Wildman–Crippen MR) is 86.9 cm³/mol. The molecule has 0 aliphatic rings. The first kappa shape index (κ1) is 14.3. The van der Waals surface area contributed by atoms with E-state index in [-0.39, 0.29) is 11.4 Å². The number of anilines is 1. The number of hydrogen-bond acceptors (Lipinski definition) is 3. The minimum atomic E-state index is -0.214. The summed E-state index contributed by atoms with van der Waals surface area (Å²) in [6, 6.07) is 11.3. The molecule has 112 valence electrons. The summed E-state index contributed by atoms with van der Waals surface area (Å²) in [4.78, 5) is 20.9. The van der Waals surface area contributed by atoms with Gasteiger partial charge in [-0.3, -0.25) is 15.1 Å². The van der Waals surface area contributed by atoms with Crippen LogP contribution in [-0.4, -0.2) is 20.4 Å². The van der Waals surface area contributed by atoms with Crippen molar-refractivity contribution in [3.8, 4) is 0 Å². The van der Waals surface area contributed by atoms with Crippen molar-refractivity contribution < 1.29 is 4.79 Å². The summed E-state index contributed by atoms with van der Waals surface area (Å²) in [5, 5.41) is 2.90. The molecule has 0 radical (unpaired) electrons. The number of carbonyl (C=O) groups is 1. The summed E-state index contributed by atoms with van der Waals surface area (Å²) in [6.07, 6.45) is 3.18. The van der Waals surface area contributed by atoms with Gasteiger partial charge < -0.3 is 4.57 Å². The van der Waals surface area contributed by atoms with Crippen molar-refractivity contribution in [2.24, 2.45) is 0 Å². The number of pyridine rings is 1. The second-order valence-electron chi connectivity index (χ2n) is 6.13. The highest BCUT2D eigenvalue weighted by Crippen LogP contribution is 2.28. The summed E-state index contributed by atoms with van der Waals surface area (Å²) >= 11 is 0. The lowest BCUT2D eigenvalue weighted by Crippen LogP contribution is -2.25. The highest BCUT2D eigenvalue weighted by molar-refractivity contribution is 6.03. The van der Waals surface area contributed by atoms with Gasteiger partial charge in [0.15, 0.2) is 0 Å². The van der Waals surface area contributed by atoms with Crippen LogP contribution < -0.4 is 5.32 Å². The zero-order chi connectivity index (χ0) is 15.7. The largest absolute Gasteiger partial charge is 0.305 e. The Balaban J connectivity index is 2.05. The van der Waals surface area contributed by atoms with E-state index in [4.69, 9.17) is 0 Å². The maximum absolute atomic E-state index is 12.4. The highest BCUT2D eigenvalue weighted by atomic mass is 16.1. The van der Waals surface area contributed by atoms with Gasteiger partial charge in [0.25, 0.3) is 5.91 Å². The van der Waals surface area contributed by atoms with Crippen LogP contribution in [0.1, 0.15) is 31.1 Å². The average Bonchev–Trinajstić information content (AvgIpc) is 2.85. The molecule has 0 aliphatic heterocycles. The maximum atomic E-state index is 12.4. The average molecular weight is 294 g/mol. The van der Waals surface area contributed by atoms with E-state index >= 15 is 0 Å². The molecule has 1 N–H and O–H groups in total. The van der Waals surface area contributed by atoms with Gasteiger partial charge in [0, 0.05) is 17.9 Å². The first-order valence-electron chi connectivity index (χ1n) is 7.16. The van der Waals surface area contributed by atoms with Crippen LogP contribution in [0.2, 0.25) is 0 Å². The number of carbonyl (C=O) groups excluding carboxylic acids is 1. The fourth-order valence-electron chi connectivity index (χ4n) is 2.46. The van der Waals surface area contributed by atoms with Gasteiger partial charge in [0.2, 0.25) is 5.95 Å². The van der Waals surface area contributed by atoms with Gasteiger partial charge in [-0.15, -0.1) is 0 Å². The molecule has 0 unspecified atom stereocenters. The molecule has 1 amide bonds. The Morgan fingerprint density at radius 2 is 1.91 bits per heavy atom. The number of nitrogens with one attached hydrogen (secondary N) is 1. The Morgan fingerprint density at radius 3 is 2.59 bits per heavy atom. The third kappa shape index (κ3) is 2.57. The fraction of sp³-hybridized carbons (Fsp3) is 0.235. The monoisotopic (exact) mass is 294 g/mol. The third-order valence-electron chi connectivity index (χ3n) is 3.38. The van der Waals surface area contributed by atoms with E-state index in [1.807, 2.05) is 28.8 Å². The van der Waals surface area contributed by atoms with Gasteiger partial charge >= 0.3 is 0 Å². The van der Waals surface area contributed by atoms with Crippen molar-refractivity contribution in [1.82, 2.24) is 14.5 Å². The topological polar surface area (TPSA) is 59.8 Å². The molecule has 3 rings (SSSR count). The number of amides is 1. The van der Waals surface area contributed by atoms with Crippen LogP contribution in [-0.2, 0) is 5.54 Å². The molecule has 0 spiro atoms. The fourth-order valence-corrected chi connectivity index (χ4v) is 2.46. The number of aromatic nitrogens is 3.